The van der Waals surface area contributed by atoms with Gasteiger partial charge in [-0.25, -0.2) is 4.79 Å². The average Bonchev–Trinajstić information content (AvgIpc) is 2.84. The van der Waals surface area contributed by atoms with Gasteiger partial charge in [0, 0.05) is 22.4 Å². The van der Waals surface area contributed by atoms with Crippen molar-refractivity contribution in [3.05, 3.63) is 58.4 Å². The smallest absolute Gasteiger partial charge is 0.355 e. The third-order valence-corrected chi connectivity index (χ3v) is 3.19. The van der Waals surface area contributed by atoms with Crippen LogP contribution in [-0.2, 0) is 11.3 Å². The minimum Gasteiger partial charge on any atom is -0.461 e. The van der Waals surface area contributed by atoms with Crippen molar-refractivity contribution >= 4 is 11.8 Å². The molecule has 0 saturated heterocycles. The highest BCUT2D eigenvalue weighted by Crippen LogP contribution is 2.23. The first kappa shape index (κ1) is 15.0. The van der Waals surface area contributed by atoms with Crippen molar-refractivity contribution in [2.45, 2.75) is 20.5 Å². The van der Waals surface area contributed by atoms with Crippen LogP contribution in [0, 0.1) is 6.92 Å². The number of carbonyl (C=O) groups excluding carboxylic acids is 2. The highest BCUT2D eigenvalue weighted by Gasteiger charge is 2.25. The van der Waals surface area contributed by atoms with E-state index in [4.69, 9.17) is 4.74 Å². The summed E-state index contributed by atoms with van der Waals surface area (Å²) < 4.78 is 4.93. The van der Waals surface area contributed by atoms with Crippen molar-refractivity contribution in [3.8, 4) is 0 Å². The average molecular weight is 287 g/mol. The molecule has 2 N–H and O–H groups in total. The Bertz CT molecular complexity index is 658. The second kappa shape index (κ2) is 6.37. The van der Waals surface area contributed by atoms with Gasteiger partial charge in [0.05, 0.1) is 13.2 Å². The lowest BCUT2D eigenvalue weighted by molar-refractivity contribution is 0.0516. The zero-order valence-electron chi connectivity index (χ0n) is 12.0. The number of aliphatic hydroxyl groups is 1. The van der Waals surface area contributed by atoms with Crippen LogP contribution in [0.2, 0.25) is 0 Å². The normalized spacial score (nSPS) is 10.4. The number of nitrogens with one attached hydrogen (secondary N) is 1. The van der Waals surface area contributed by atoms with Crippen LogP contribution in [0.3, 0.4) is 0 Å². The molecule has 5 nitrogen and oxygen atoms in total. The fraction of sp³-hybridized carbons (Fsp3) is 0.250. The molecule has 0 aliphatic rings. The Morgan fingerprint density at radius 1 is 1.24 bits per heavy atom. The van der Waals surface area contributed by atoms with Crippen LogP contribution >= 0.6 is 0 Å². The molecule has 0 aliphatic heterocycles. The highest BCUT2D eigenvalue weighted by atomic mass is 16.5. The van der Waals surface area contributed by atoms with Crippen molar-refractivity contribution in [1.29, 1.82) is 0 Å². The minimum atomic E-state index is -0.572. The summed E-state index contributed by atoms with van der Waals surface area (Å²) in [5.41, 5.74) is 1.78. The number of ketones is 1. The largest absolute Gasteiger partial charge is 0.461 e. The molecular weight excluding hydrogens is 270 g/mol. The molecule has 0 bridgehead atoms. The van der Waals surface area contributed by atoms with Crippen LogP contribution in [0.15, 0.2) is 30.3 Å². The molecule has 2 aromatic rings. The number of ether oxygens (including phenoxy) is 1. The lowest BCUT2D eigenvalue weighted by Gasteiger charge is -2.05. The summed E-state index contributed by atoms with van der Waals surface area (Å²) in [6.45, 7) is 3.20. The molecule has 0 unspecified atom stereocenters. The number of aromatic nitrogens is 1. The molecule has 5 heteroatoms. The van der Waals surface area contributed by atoms with Gasteiger partial charge in [0.2, 0.25) is 0 Å². The fourth-order valence-corrected chi connectivity index (χ4v) is 2.25. The highest BCUT2D eigenvalue weighted by molar-refractivity contribution is 6.12. The first-order chi connectivity index (χ1) is 10.1. The number of esters is 1. The van der Waals surface area contributed by atoms with E-state index in [-0.39, 0.29) is 23.6 Å². The minimum absolute atomic E-state index is 0.135. The number of hydrogen-bond acceptors (Lipinski definition) is 4. The maximum absolute atomic E-state index is 12.6. The van der Waals surface area contributed by atoms with Crippen LogP contribution in [0.4, 0.5) is 0 Å². The lowest BCUT2D eigenvalue weighted by atomic mass is 9.99. The molecule has 1 aromatic heterocycles. The lowest BCUT2D eigenvalue weighted by Crippen LogP contribution is -2.10. The van der Waals surface area contributed by atoms with Crippen LogP contribution in [0.25, 0.3) is 0 Å². The molecule has 0 fully saturated rings. The Hall–Kier alpha value is -2.40. The summed E-state index contributed by atoms with van der Waals surface area (Å²) >= 11 is 0. The molecule has 0 aliphatic carbocycles. The second-order valence-corrected chi connectivity index (χ2v) is 4.55. The van der Waals surface area contributed by atoms with E-state index in [1.165, 1.54) is 0 Å². The van der Waals surface area contributed by atoms with Gasteiger partial charge >= 0.3 is 5.97 Å². The molecule has 0 spiro atoms. The van der Waals surface area contributed by atoms with E-state index in [1.807, 2.05) is 6.07 Å². The standard InChI is InChI=1S/C16H17NO4/c1-3-21-16(20)14-12(9-18)13(10(2)17-14)15(19)11-7-5-4-6-8-11/h4-8,17-18H,3,9H2,1-2H3. The van der Waals surface area contributed by atoms with E-state index in [0.29, 0.717) is 16.8 Å². The number of aliphatic hydroxyl groups excluding tert-OH is 1. The van der Waals surface area contributed by atoms with Crippen molar-refractivity contribution < 1.29 is 19.4 Å². The van der Waals surface area contributed by atoms with Crippen LogP contribution in [-0.4, -0.2) is 28.4 Å². The van der Waals surface area contributed by atoms with E-state index in [9.17, 15) is 14.7 Å². The Balaban J connectivity index is 2.49. The van der Waals surface area contributed by atoms with Gasteiger partial charge in [-0.2, -0.15) is 0 Å². The quantitative estimate of drug-likeness (QED) is 0.653. The predicted molar refractivity (Wildman–Crippen MR) is 77.3 cm³/mol. The summed E-state index contributed by atoms with van der Waals surface area (Å²) in [6, 6.07) is 8.73. The SMILES string of the molecule is CCOC(=O)c1[nH]c(C)c(C(=O)c2ccccc2)c1CO. The van der Waals surface area contributed by atoms with Gasteiger partial charge in [0.1, 0.15) is 5.69 Å². The zero-order chi connectivity index (χ0) is 15.4. The molecular formula is C16H17NO4. The van der Waals surface area contributed by atoms with E-state index >= 15 is 0 Å². The van der Waals surface area contributed by atoms with Gasteiger partial charge < -0.3 is 14.8 Å². The Morgan fingerprint density at radius 2 is 1.90 bits per heavy atom. The molecule has 1 aromatic carbocycles. The van der Waals surface area contributed by atoms with Crippen molar-refractivity contribution in [3.63, 3.8) is 0 Å². The number of hydrogen-bond donors (Lipinski definition) is 2. The van der Waals surface area contributed by atoms with E-state index in [1.54, 1.807) is 38.1 Å². The van der Waals surface area contributed by atoms with Crippen molar-refractivity contribution in [2.75, 3.05) is 6.61 Å². The molecule has 21 heavy (non-hydrogen) atoms. The number of aromatic amines is 1. The van der Waals surface area contributed by atoms with Crippen molar-refractivity contribution in [1.82, 2.24) is 4.98 Å². The number of carbonyl (C=O) groups is 2. The van der Waals surface area contributed by atoms with Gasteiger partial charge in [-0.15, -0.1) is 0 Å². The van der Waals surface area contributed by atoms with Gasteiger partial charge in [0.15, 0.2) is 5.78 Å². The molecule has 0 radical (unpaired) electrons. The number of benzene rings is 1. The van der Waals surface area contributed by atoms with Crippen LogP contribution < -0.4 is 0 Å². The van der Waals surface area contributed by atoms with Gasteiger partial charge in [-0.05, 0) is 13.8 Å². The molecule has 0 atom stereocenters. The van der Waals surface area contributed by atoms with Crippen LogP contribution in [0.1, 0.15) is 44.6 Å². The second-order valence-electron chi connectivity index (χ2n) is 4.55. The first-order valence-corrected chi connectivity index (χ1v) is 6.69. The third-order valence-electron chi connectivity index (χ3n) is 3.19. The maximum atomic E-state index is 12.6. The summed E-state index contributed by atoms with van der Waals surface area (Å²) in [7, 11) is 0. The van der Waals surface area contributed by atoms with E-state index in [0.717, 1.165) is 0 Å². The van der Waals surface area contributed by atoms with E-state index in [2.05, 4.69) is 4.98 Å². The summed E-state index contributed by atoms with van der Waals surface area (Å²) in [5, 5.41) is 9.55. The third kappa shape index (κ3) is 2.87. The fourth-order valence-electron chi connectivity index (χ4n) is 2.25. The van der Waals surface area contributed by atoms with Gasteiger partial charge in [-0.3, -0.25) is 4.79 Å². The zero-order valence-corrected chi connectivity index (χ0v) is 12.0. The summed E-state index contributed by atoms with van der Waals surface area (Å²) in [4.78, 5) is 27.3. The van der Waals surface area contributed by atoms with Gasteiger partial charge in [-0.1, -0.05) is 30.3 Å². The topological polar surface area (TPSA) is 79.4 Å². The Morgan fingerprint density at radius 3 is 2.48 bits per heavy atom. The summed E-state index contributed by atoms with van der Waals surface area (Å²) in [6.07, 6.45) is 0. The molecule has 1 heterocycles. The summed E-state index contributed by atoms with van der Waals surface area (Å²) in [5.74, 6) is -0.805. The Kier molecular flexibility index (Phi) is 4.55. The predicted octanol–water partition coefficient (Wildman–Crippen LogP) is 2.22. The van der Waals surface area contributed by atoms with Crippen LogP contribution in [0.5, 0.6) is 0 Å². The Labute approximate surface area is 122 Å². The number of aryl methyl sites for hydroxylation is 1. The van der Waals surface area contributed by atoms with Crippen molar-refractivity contribution in [2.24, 2.45) is 0 Å². The first-order valence-electron chi connectivity index (χ1n) is 6.69. The molecule has 0 saturated carbocycles. The van der Waals surface area contributed by atoms with E-state index < -0.39 is 12.6 Å². The number of H-pyrrole nitrogens is 1. The number of rotatable bonds is 5. The monoisotopic (exact) mass is 287 g/mol. The molecule has 110 valence electrons. The molecule has 2 rings (SSSR count). The maximum Gasteiger partial charge on any atom is 0.355 e. The van der Waals surface area contributed by atoms with Gasteiger partial charge in [0.25, 0.3) is 0 Å². The molecule has 0 amide bonds.